The van der Waals surface area contributed by atoms with Crippen molar-refractivity contribution in [2.24, 2.45) is 0 Å². The van der Waals surface area contributed by atoms with Crippen LogP contribution in [0.4, 0.5) is 13.2 Å². The fourth-order valence-corrected chi connectivity index (χ4v) is 2.94. The summed E-state index contributed by atoms with van der Waals surface area (Å²) >= 11 is 0. The lowest BCUT2D eigenvalue weighted by Crippen LogP contribution is -2.48. The number of alkyl halides is 3. The van der Waals surface area contributed by atoms with Crippen LogP contribution in [-0.2, 0) is 15.0 Å². The van der Waals surface area contributed by atoms with E-state index < -0.39 is 34.9 Å². The molecule has 1 aliphatic heterocycles. The summed E-state index contributed by atoms with van der Waals surface area (Å²) < 4.78 is 60.4. The molecule has 17 heavy (non-hydrogen) atoms. The predicted octanol–water partition coefficient (Wildman–Crippen LogP) is -0.0679. The van der Waals surface area contributed by atoms with Gasteiger partial charge >= 0.3 is 12.1 Å². The monoisotopic (exact) mass is 276 g/mol. The predicted molar refractivity (Wildman–Crippen MR) is 50.3 cm³/mol. The van der Waals surface area contributed by atoms with Gasteiger partial charge in [-0.05, 0) is 12.8 Å². The second-order valence-corrected chi connectivity index (χ2v) is 5.26. The van der Waals surface area contributed by atoms with E-state index in [4.69, 9.17) is 5.11 Å². The molecule has 0 radical (unpaired) electrons. The van der Waals surface area contributed by atoms with Gasteiger partial charge in [-0.25, -0.2) is 0 Å². The normalized spacial score (nSPS) is 22.9. The van der Waals surface area contributed by atoms with Crippen molar-refractivity contribution >= 4 is 16.2 Å². The Morgan fingerprint density at radius 3 is 2.53 bits per heavy atom. The molecule has 2 N–H and O–H groups in total. The van der Waals surface area contributed by atoms with Crippen LogP contribution in [0.2, 0.25) is 0 Å². The molecule has 0 unspecified atom stereocenters. The van der Waals surface area contributed by atoms with Crippen molar-refractivity contribution in [2.45, 2.75) is 25.1 Å². The molecule has 1 fully saturated rings. The number of nitrogens with zero attached hydrogens (tertiary/aromatic N) is 1. The molecule has 10 heteroatoms. The van der Waals surface area contributed by atoms with Gasteiger partial charge in [-0.2, -0.15) is 30.6 Å². The molecule has 1 saturated heterocycles. The molecule has 0 saturated carbocycles. The van der Waals surface area contributed by atoms with E-state index in [-0.39, 0.29) is 13.0 Å². The molecule has 0 aromatic rings. The largest absolute Gasteiger partial charge is 0.480 e. The quantitative estimate of drug-likeness (QED) is 0.752. The van der Waals surface area contributed by atoms with Crippen molar-refractivity contribution in [3.05, 3.63) is 0 Å². The average molecular weight is 276 g/mol. The van der Waals surface area contributed by atoms with Crippen LogP contribution in [0, 0.1) is 0 Å². The summed E-state index contributed by atoms with van der Waals surface area (Å²) in [4.78, 5) is 10.7. The lowest BCUT2D eigenvalue weighted by atomic mass is 10.2. The zero-order valence-corrected chi connectivity index (χ0v) is 9.38. The molecular weight excluding hydrogens is 265 g/mol. The molecule has 1 heterocycles. The van der Waals surface area contributed by atoms with Crippen LogP contribution in [0.3, 0.4) is 0 Å². The molecule has 0 amide bonds. The number of hydrogen-bond donors (Lipinski definition) is 2. The second kappa shape index (κ2) is 4.78. The van der Waals surface area contributed by atoms with E-state index in [1.54, 1.807) is 0 Å². The van der Waals surface area contributed by atoms with E-state index >= 15 is 0 Å². The lowest BCUT2D eigenvalue weighted by molar-refractivity contribution is -0.140. The van der Waals surface area contributed by atoms with Gasteiger partial charge < -0.3 is 5.11 Å². The topological polar surface area (TPSA) is 86.7 Å². The Labute approximate surface area is 95.6 Å². The van der Waals surface area contributed by atoms with Crippen molar-refractivity contribution in [1.82, 2.24) is 9.03 Å². The van der Waals surface area contributed by atoms with E-state index in [1.165, 1.54) is 4.72 Å². The Bertz CT molecular complexity index is 394. The van der Waals surface area contributed by atoms with Gasteiger partial charge in [-0.15, -0.1) is 0 Å². The highest BCUT2D eigenvalue weighted by molar-refractivity contribution is 7.87. The van der Waals surface area contributed by atoms with Crippen LogP contribution in [0.5, 0.6) is 0 Å². The highest BCUT2D eigenvalue weighted by atomic mass is 32.2. The van der Waals surface area contributed by atoms with Crippen LogP contribution in [0.15, 0.2) is 0 Å². The van der Waals surface area contributed by atoms with Crippen LogP contribution in [-0.4, -0.2) is 49.1 Å². The third-order valence-corrected chi connectivity index (χ3v) is 3.82. The number of halogens is 3. The smallest absolute Gasteiger partial charge is 0.402 e. The van der Waals surface area contributed by atoms with E-state index in [9.17, 15) is 26.4 Å². The standard InChI is InChI=1S/C7H11F3N2O4S/c8-7(9,10)4-11-17(15,16)12-3-1-2-5(12)6(13)14/h5,11H,1-4H2,(H,13,14)/t5-/m1/s1. The molecule has 0 bridgehead atoms. The second-order valence-electron chi connectivity index (χ2n) is 3.55. The van der Waals surface area contributed by atoms with Crippen molar-refractivity contribution < 1.29 is 31.5 Å². The van der Waals surface area contributed by atoms with Crippen molar-refractivity contribution in [2.75, 3.05) is 13.1 Å². The maximum absolute atomic E-state index is 11.9. The van der Waals surface area contributed by atoms with E-state index in [0.29, 0.717) is 10.7 Å². The molecule has 1 rings (SSSR count). The minimum absolute atomic E-state index is 0.0931. The van der Waals surface area contributed by atoms with Crippen LogP contribution in [0.1, 0.15) is 12.8 Å². The van der Waals surface area contributed by atoms with Crippen molar-refractivity contribution in [3.8, 4) is 0 Å². The van der Waals surface area contributed by atoms with E-state index in [0.717, 1.165) is 0 Å². The van der Waals surface area contributed by atoms with Gasteiger partial charge in [0.15, 0.2) is 0 Å². The molecule has 0 aliphatic carbocycles. The molecular formula is C7H11F3N2O4S. The Morgan fingerprint density at radius 2 is 2.06 bits per heavy atom. The number of carboxylic acids is 1. The first-order valence-electron chi connectivity index (χ1n) is 4.69. The zero-order chi connectivity index (χ0) is 13.3. The van der Waals surface area contributed by atoms with Gasteiger partial charge in [-0.1, -0.05) is 0 Å². The first-order valence-corrected chi connectivity index (χ1v) is 6.13. The minimum atomic E-state index is -4.68. The molecule has 0 aromatic carbocycles. The third kappa shape index (κ3) is 3.82. The van der Waals surface area contributed by atoms with Crippen LogP contribution in [0.25, 0.3) is 0 Å². The summed E-state index contributed by atoms with van der Waals surface area (Å²) in [6.45, 7) is -1.80. The fourth-order valence-electron chi connectivity index (χ4n) is 1.53. The molecule has 0 spiro atoms. The summed E-state index contributed by atoms with van der Waals surface area (Å²) in [5.74, 6) is -1.36. The van der Waals surface area contributed by atoms with E-state index in [2.05, 4.69) is 0 Å². The van der Waals surface area contributed by atoms with Gasteiger partial charge in [0.1, 0.15) is 12.6 Å². The average Bonchev–Trinajstić information content (AvgIpc) is 2.62. The van der Waals surface area contributed by atoms with E-state index in [1.807, 2.05) is 0 Å². The number of nitrogens with one attached hydrogen (secondary N) is 1. The van der Waals surface area contributed by atoms with Gasteiger partial charge in [0, 0.05) is 6.54 Å². The summed E-state index contributed by atoms with van der Waals surface area (Å²) in [5, 5.41) is 8.72. The van der Waals surface area contributed by atoms with Crippen LogP contribution >= 0.6 is 0 Å². The molecule has 0 aromatic heterocycles. The Morgan fingerprint density at radius 1 is 1.47 bits per heavy atom. The molecule has 100 valence electrons. The Hall–Kier alpha value is -0.870. The Kier molecular flexibility index (Phi) is 3.99. The summed E-state index contributed by atoms with van der Waals surface area (Å²) in [7, 11) is -4.40. The summed E-state index contributed by atoms with van der Waals surface area (Å²) in [5.41, 5.74) is 0. The number of aliphatic carboxylic acids is 1. The van der Waals surface area contributed by atoms with Gasteiger partial charge in [-0.3, -0.25) is 4.79 Å². The third-order valence-electron chi connectivity index (χ3n) is 2.25. The Balaban J connectivity index is 2.73. The summed E-state index contributed by atoms with van der Waals surface area (Å²) in [6, 6.07) is -1.29. The number of carbonyl (C=O) groups is 1. The first-order chi connectivity index (χ1) is 7.63. The van der Waals surface area contributed by atoms with Gasteiger partial charge in [0.25, 0.3) is 10.2 Å². The SMILES string of the molecule is O=C(O)[C@H]1CCCN1S(=O)(=O)NCC(F)(F)F. The van der Waals surface area contributed by atoms with Gasteiger partial charge in [0.05, 0.1) is 0 Å². The molecule has 6 nitrogen and oxygen atoms in total. The van der Waals surface area contributed by atoms with Crippen LogP contribution < -0.4 is 4.72 Å². The highest BCUT2D eigenvalue weighted by Gasteiger charge is 2.40. The summed E-state index contributed by atoms with van der Waals surface area (Å²) in [6.07, 6.45) is -4.27. The number of rotatable bonds is 4. The lowest BCUT2D eigenvalue weighted by Gasteiger charge is -2.21. The highest BCUT2D eigenvalue weighted by Crippen LogP contribution is 2.21. The number of hydrogen-bond acceptors (Lipinski definition) is 3. The molecule has 1 atom stereocenters. The minimum Gasteiger partial charge on any atom is -0.480 e. The van der Waals surface area contributed by atoms with Gasteiger partial charge in [0.2, 0.25) is 0 Å². The number of carboxylic acid groups (broad SMARTS) is 1. The first kappa shape index (κ1) is 14.2. The molecule has 1 aliphatic rings. The van der Waals surface area contributed by atoms with Crippen molar-refractivity contribution in [3.63, 3.8) is 0 Å². The zero-order valence-electron chi connectivity index (χ0n) is 8.57. The fraction of sp³-hybridized carbons (Fsp3) is 0.857. The van der Waals surface area contributed by atoms with Crippen molar-refractivity contribution in [1.29, 1.82) is 0 Å². The maximum atomic E-state index is 11.9. The maximum Gasteiger partial charge on any atom is 0.402 e.